The molecule has 110 valence electrons. The van der Waals surface area contributed by atoms with Gasteiger partial charge in [0.15, 0.2) is 0 Å². The molecule has 2 nitrogen and oxygen atoms in total. The molecule has 19 heavy (non-hydrogen) atoms. The highest BCUT2D eigenvalue weighted by molar-refractivity contribution is 6.06. The molecular formula is C10H9F7O2. The lowest BCUT2D eigenvalue weighted by Gasteiger charge is -2.30. The zero-order valence-corrected chi connectivity index (χ0v) is 9.37. The highest BCUT2D eigenvalue weighted by atomic mass is 19.4. The molecule has 1 fully saturated rings. The van der Waals surface area contributed by atoms with Crippen molar-refractivity contribution in [1.29, 1.82) is 0 Å². The average Bonchev–Trinajstić information content (AvgIpc) is 2.27. The number of halogens is 7. The third kappa shape index (κ3) is 2.59. The van der Waals surface area contributed by atoms with Gasteiger partial charge in [0.2, 0.25) is 5.78 Å². The zero-order chi connectivity index (χ0) is 15.1. The van der Waals surface area contributed by atoms with Crippen molar-refractivity contribution in [1.82, 2.24) is 0 Å². The van der Waals surface area contributed by atoms with Gasteiger partial charge in [0, 0.05) is 6.42 Å². The molecule has 0 amide bonds. The van der Waals surface area contributed by atoms with Gasteiger partial charge in [-0.3, -0.25) is 9.59 Å². The summed E-state index contributed by atoms with van der Waals surface area (Å²) < 4.78 is 87.1. The van der Waals surface area contributed by atoms with Crippen LogP contribution in [0.4, 0.5) is 30.7 Å². The molecule has 0 unspecified atom stereocenters. The van der Waals surface area contributed by atoms with Crippen LogP contribution in [0.3, 0.4) is 0 Å². The van der Waals surface area contributed by atoms with Crippen LogP contribution in [-0.4, -0.2) is 29.6 Å². The lowest BCUT2D eigenvalue weighted by atomic mass is 9.82. The topological polar surface area (TPSA) is 34.1 Å². The van der Waals surface area contributed by atoms with Crippen molar-refractivity contribution in [3.63, 3.8) is 0 Å². The summed E-state index contributed by atoms with van der Waals surface area (Å²) in [7, 11) is 0. The standard InChI is InChI=1S/C10H9F7O2/c11-8(12,9(13,14)10(15,16)17)7(19)5-3-1-2-4-6(5)18/h5H,1-4H2/t5-/m0/s1. The van der Waals surface area contributed by atoms with Gasteiger partial charge >= 0.3 is 18.0 Å². The minimum atomic E-state index is -6.57. The second kappa shape index (κ2) is 4.75. The number of carbonyl (C=O) groups is 2. The SMILES string of the molecule is O=C1CCCC[C@@H]1C(=O)C(F)(F)C(F)(F)C(F)(F)F. The monoisotopic (exact) mass is 294 g/mol. The molecule has 0 aliphatic heterocycles. The summed E-state index contributed by atoms with van der Waals surface area (Å²) in [5, 5.41) is 0. The molecule has 1 aliphatic rings. The first-order valence-electron chi connectivity index (χ1n) is 5.32. The highest BCUT2D eigenvalue weighted by Crippen LogP contribution is 2.48. The molecule has 0 radical (unpaired) electrons. The fourth-order valence-electron chi connectivity index (χ4n) is 1.81. The summed E-state index contributed by atoms with van der Waals surface area (Å²) in [4.78, 5) is 22.4. The Balaban J connectivity index is 3.05. The highest BCUT2D eigenvalue weighted by Gasteiger charge is 2.76. The summed E-state index contributed by atoms with van der Waals surface area (Å²) in [6.45, 7) is 0. The van der Waals surface area contributed by atoms with Crippen molar-refractivity contribution >= 4 is 11.6 Å². The van der Waals surface area contributed by atoms with Crippen LogP contribution in [0.15, 0.2) is 0 Å². The first-order chi connectivity index (χ1) is 8.43. The van der Waals surface area contributed by atoms with E-state index < -0.39 is 41.9 Å². The Bertz CT molecular complexity index is 386. The first-order valence-corrected chi connectivity index (χ1v) is 5.32. The number of rotatable bonds is 3. The van der Waals surface area contributed by atoms with Crippen molar-refractivity contribution in [2.75, 3.05) is 0 Å². The smallest absolute Gasteiger partial charge is 0.299 e. The van der Waals surface area contributed by atoms with Crippen LogP contribution >= 0.6 is 0 Å². The lowest BCUT2D eigenvalue weighted by molar-refractivity contribution is -0.344. The van der Waals surface area contributed by atoms with Crippen LogP contribution < -0.4 is 0 Å². The second-order valence-corrected chi connectivity index (χ2v) is 4.28. The van der Waals surface area contributed by atoms with E-state index in [-0.39, 0.29) is 12.8 Å². The Kier molecular flexibility index (Phi) is 3.98. The molecule has 0 spiro atoms. The molecule has 0 aromatic rings. The van der Waals surface area contributed by atoms with E-state index >= 15 is 0 Å². The van der Waals surface area contributed by atoms with E-state index in [0.29, 0.717) is 6.42 Å². The molecule has 9 heteroatoms. The van der Waals surface area contributed by atoms with Gasteiger partial charge in [-0.1, -0.05) is 6.42 Å². The number of ketones is 2. The number of hydrogen-bond donors (Lipinski definition) is 0. The Morgan fingerprint density at radius 3 is 1.95 bits per heavy atom. The van der Waals surface area contributed by atoms with Gasteiger partial charge in [0.25, 0.3) is 0 Å². The van der Waals surface area contributed by atoms with Gasteiger partial charge in [-0.15, -0.1) is 0 Å². The third-order valence-electron chi connectivity index (χ3n) is 2.93. The number of Topliss-reactive ketones (excluding diaryl/α,β-unsaturated/α-hetero) is 2. The molecule has 0 N–H and O–H groups in total. The maximum atomic E-state index is 13.1. The van der Waals surface area contributed by atoms with Crippen molar-refractivity contribution in [3.05, 3.63) is 0 Å². The van der Waals surface area contributed by atoms with Gasteiger partial charge in [-0.05, 0) is 12.8 Å². The Labute approximate surface area is 102 Å². The van der Waals surface area contributed by atoms with Crippen molar-refractivity contribution in [2.24, 2.45) is 5.92 Å². The Morgan fingerprint density at radius 1 is 1.00 bits per heavy atom. The van der Waals surface area contributed by atoms with Crippen molar-refractivity contribution in [2.45, 2.75) is 43.7 Å². The van der Waals surface area contributed by atoms with E-state index in [0.717, 1.165) is 0 Å². The summed E-state index contributed by atoms with van der Waals surface area (Å²) in [5.41, 5.74) is 0. The minimum Gasteiger partial charge on any atom is -0.299 e. The van der Waals surface area contributed by atoms with Crippen molar-refractivity contribution < 1.29 is 40.3 Å². The van der Waals surface area contributed by atoms with Gasteiger partial charge in [-0.25, -0.2) is 0 Å². The Hall–Kier alpha value is -1.15. The molecule has 0 saturated heterocycles. The normalized spacial score (nSPS) is 22.5. The Morgan fingerprint density at radius 2 is 1.53 bits per heavy atom. The quantitative estimate of drug-likeness (QED) is 0.592. The number of hydrogen-bond acceptors (Lipinski definition) is 2. The first kappa shape index (κ1) is 15.9. The van der Waals surface area contributed by atoms with Crippen LogP contribution in [-0.2, 0) is 9.59 Å². The van der Waals surface area contributed by atoms with Gasteiger partial charge in [0.05, 0.1) is 5.92 Å². The average molecular weight is 294 g/mol. The van der Waals surface area contributed by atoms with Crippen LogP contribution in [0.25, 0.3) is 0 Å². The molecule has 1 rings (SSSR count). The lowest BCUT2D eigenvalue weighted by Crippen LogP contribution is -2.58. The number of alkyl halides is 7. The minimum absolute atomic E-state index is 0.149. The van der Waals surface area contributed by atoms with E-state index in [1.54, 1.807) is 0 Å². The zero-order valence-electron chi connectivity index (χ0n) is 9.37. The van der Waals surface area contributed by atoms with Gasteiger partial charge in [-0.2, -0.15) is 30.7 Å². The summed E-state index contributed by atoms with van der Waals surface area (Å²) in [5.74, 6) is -18.2. The molecular weight excluding hydrogens is 285 g/mol. The summed E-state index contributed by atoms with van der Waals surface area (Å²) >= 11 is 0. The molecule has 0 bridgehead atoms. The molecule has 1 saturated carbocycles. The van der Waals surface area contributed by atoms with Gasteiger partial charge in [0.1, 0.15) is 5.78 Å². The predicted octanol–water partition coefficient (Wildman–Crippen LogP) is 3.15. The van der Waals surface area contributed by atoms with Crippen LogP contribution in [0, 0.1) is 5.92 Å². The molecule has 1 aliphatic carbocycles. The van der Waals surface area contributed by atoms with E-state index in [2.05, 4.69) is 0 Å². The summed E-state index contributed by atoms with van der Waals surface area (Å²) in [6.07, 6.45) is -6.82. The maximum Gasteiger partial charge on any atom is 0.460 e. The van der Waals surface area contributed by atoms with E-state index in [4.69, 9.17) is 0 Å². The largest absolute Gasteiger partial charge is 0.460 e. The molecule has 0 aromatic heterocycles. The van der Waals surface area contributed by atoms with E-state index in [1.807, 2.05) is 0 Å². The fraction of sp³-hybridized carbons (Fsp3) is 0.800. The predicted molar refractivity (Wildman–Crippen MR) is 47.9 cm³/mol. The third-order valence-corrected chi connectivity index (χ3v) is 2.93. The maximum absolute atomic E-state index is 13.1. The van der Waals surface area contributed by atoms with Crippen LogP contribution in [0.1, 0.15) is 25.7 Å². The number of carbonyl (C=O) groups excluding carboxylic acids is 2. The van der Waals surface area contributed by atoms with Gasteiger partial charge < -0.3 is 0 Å². The van der Waals surface area contributed by atoms with Crippen LogP contribution in [0.2, 0.25) is 0 Å². The van der Waals surface area contributed by atoms with Crippen molar-refractivity contribution in [3.8, 4) is 0 Å². The molecule has 0 heterocycles. The van der Waals surface area contributed by atoms with Crippen LogP contribution in [0.5, 0.6) is 0 Å². The molecule has 1 atom stereocenters. The molecule has 0 aromatic carbocycles. The summed E-state index contributed by atoms with van der Waals surface area (Å²) in [6, 6.07) is 0. The van der Waals surface area contributed by atoms with E-state index in [9.17, 15) is 40.3 Å². The second-order valence-electron chi connectivity index (χ2n) is 4.28. The fourth-order valence-corrected chi connectivity index (χ4v) is 1.81. The van der Waals surface area contributed by atoms with E-state index in [1.165, 1.54) is 0 Å².